The maximum Gasteiger partial charge on any atom is 0.257 e. The van der Waals surface area contributed by atoms with Gasteiger partial charge in [0.1, 0.15) is 11.5 Å². The lowest BCUT2D eigenvalue weighted by atomic mass is 10.1. The third-order valence-electron chi connectivity index (χ3n) is 3.59. The predicted octanol–water partition coefficient (Wildman–Crippen LogP) is 2.42. The fourth-order valence-corrected chi connectivity index (χ4v) is 2.61. The van der Waals surface area contributed by atoms with E-state index in [4.69, 9.17) is 9.47 Å². The summed E-state index contributed by atoms with van der Waals surface area (Å²) in [5.41, 5.74) is 0.286. The molecule has 0 atom stereocenters. The van der Waals surface area contributed by atoms with E-state index < -0.39 is 0 Å². The zero-order valence-corrected chi connectivity index (χ0v) is 13.6. The fraction of sp³-hybridized carbons (Fsp3) is 0.533. The molecule has 0 spiro atoms. The Morgan fingerprint density at radius 1 is 1.43 bits per heavy atom. The molecule has 21 heavy (non-hydrogen) atoms. The molecule has 0 aliphatic carbocycles. The van der Waals surface area contributed by atoms with Crippen LogP contribution in [-0.2, 0) is 4.74 Å². The van der Waals surface area contributed by atoms with Crippen molar-refractivity contribution in [1.29, 1.82) is 0 Å². The predicted molar refractivity (Wildman–Crippen MR) is 83.3 cm³/mol. The summed E-state index contributed by atoms with van der Waals surface area (Å²) >= 11 is 3.33. The zero-order chi connectivity index (χ0) is 15.2. The third-order valence-corrected chi connectivity index (χ3v) is 3.92. The van der Waals surface area contributed by atoms with Gasteiger partial charge in [-0.3, -0.25) is 4.79 Å². The van der Waals surface area contributed by atoms with Crippen molar-refractivity contribution in [3.63, 3.8) is 0 Å². The molecule has 0 radical (unpaired) electrons. The summed E-state index contributed by atoms with van der Waals surface area (Å²) < 4.78 is 10.8. The highest BCUT2D eigenvalue weighted by Crippen LogP contribution is 2.25. The van der Waals surface area contributed by atoms with Crippen LogP contribution in [0.4, 0.5) is 0 Å². The van der Waals surface area contributed by atoms with Crippen molar-refractivity contribution in [3.05, 3.63) is 23.8 Å². The van der Waals surface area contributed by atoms with Crippen LogP contribution in [0.25, 0.3) is 0 Å². The number of halogens is 1. The van der Waals surface area contributed by atoms with Crippen molar-refractivity contribution in [2.75, 3.05) is 32.1 Å². The van der Waals surface area contributed by atoms with Gasteiger partial charge < -0.3 is 19.5 Å². The number of rotatable bonds is 5. The first-order chi connectivity index (χ1) is 10.2. The Kier molecular flexibility index (Phi) is 5.87. The lowest BCUT2D eigenvalue weighted by Gasteiger charge is -2.32. The van der Waals surface area contributed by atoms with Crippen molar-refractivity contribution >= 4 is 21.8 Å². The molecular formula is C15H20BrNO4. The summed E-state index contributed by atoms with van der Waals surface area (Å²) in [7, 11) is 1.54. The fourth-order valence-electron chi connectivity index (χ4n) is 2.42. The molecular weight excluding hydrogens is 338 g/mol. The van der Waals surface area contributed by atoms with E-state index in [1.165, 1.54) is 13.2 Å². The minimum atomic E-state index is -0.162. The molecule has 1 aromatic rings. The quantitative estimate of drug-likeness (QED) is 0.822. The standard InChI is InChI=1S/C15H20BrNO4/c1-20-12-2-3-14(18)13(10-12)15(19)17-7-4-11(5-8-17)21-9-6-16/h2-3,10-11,18H,4-9H2,1H3. The topological polar surface area (TPSA) is 59.0 Å². The van der Waals surface area contributed by atoms with Crippen LogP contribution in [0.15, 0.2) is 18.2 Å². The summed E-state index contributed by atoms with van der Waals surface area (Å²) in [6.45, 7) is 1.97. The van der Waals surface area contributed by atoms with Gasteiger partial charge in [0.25, 0.3) is 5.91 Å². The first kappa shape index (κ1) is 16.1. The number of ether oxygens (including phenoxy) is 2. The molecule has 1 fully saturated rings. The summed E-state index contributed by atoms with van der Waals surface area (Å²) in [5.74, 6) is 0.385. The van der Waals surface area contributed by atoms with Gasteiger partial charge in [-0.1, -0.05) is 15.9 Å². The summed E-state index contributed by atoms with van der Waals surface area (Å²) in [6.07, 6.45) is 1.86. The monoisotopic (exact) mass is 357 g/mol. The van der Waals surface area contributed by atoms with E-state index in [9.17, 15) is 9.90 Å². The van der Waals surface area contributed by atoms with Gasteiger partial charge in [0.05, 0.1) is 25.4 Å². The highest BCUT2D eigenvalue weighted by Gasteiger charge is 2.25. The molecule has 1 N–H and O–H groups in total. The third kappa shape index (κ3) is 4.11. The number of alkyl halides is 1. The molecule has 1 amide bonds. The van der Waals surface area contributed by atoms with Crippen LogP contribution in [-0.4, -0.2) is 54.2 Å². The normalized spacial score (nSPS) is 16.0. The van der Waals surface area contributed by atoms with Crippen LogP contribution >= 0.6 is 15.9 Å². The number of nitrogens with zero attached hydrogens (tertiary/aromatic N) is 1. The second-order valence-corrected chi connectivity index (χ2v) is 5.73. The van der Waals surface area contributed by atoms with Crippen LogP contribution in [0.3, 0.4) is 0 Å². The number of benzene rings is 1. The molecule has 0 bridgehead atoms. The lowest BCUT2D eigenvalue weighted by molar-refractivity contribution is 0.0159. The van der Waals surface area contributed by atoms with E-state index in [-0.39, 0.29) is 23.3 Å². The van der Waals surface area contributed by atoms with Gasteiger partial charge >= 0.3 is 0 Å². The number of aromatic hydroxyl groups is 1. The number of phenolic OH excluding ortho intramolecular Hbond substituents is 1. The van der Waals surface area contributed by atoms with E-state index in [2.05, 4.69) is 15.9 Å². The molecule has 116 valence electrons. The van der Waals surface area contributed by atoms with Crippen LogP contribution in [0.5, 0.6) is 11.5 Å². The molecule has 2 rings (SSSR count). The van der Waals surface area contributed by atoms with E-state index in [0.717, 1.165) is 18.2 Å². The zero-order valence-electron chi connectivity index (χ0n) is 12.0. The van der Waals surface area contributed by atoms with Gasteiger partial charge in [-0.2, -0.15) is 0 Å². The molecule has 1 saturated heterocycles. The molecule has 1 heterocycles. The van der Waals surface area contributed by atoms with Gasteiger partial charge in [0, 0.05) is 18.4 Å². The molecule has 5 nitrogen and oxygen atoms in total. The number of piperidine rings is 1. The van der Waals surface area contributed by atoms with Gasteiger partial charge in [-0.15, -0.1) is 0 Å². The average Bonchev–Trinajstić information content (AvgIpc) is 2.53. The second kappa shape index (κ2) is 7.66. The Morgan fingerprint density at radius 2 is 2.14 bits per heavy atom. The molecule has 1 aromatic carbocycles. The smallest absolute Gasteiger partial charge is 0.257 e. The van der Waals surface area contributed by atoms with Crippen LogP contribution in [0.1, 0.15) is 23.2 Å². The summed E-state index contributed by atoms with van der Waals surface area (Å²) in [6, 6.07) is 4.69. The SMILES string of the molecule is COc1ccc(O)c(C(=O)N2CCC(OCCBr)CC2)c1. The Morgan fingerprint density at radius 3 is 2.76 bits per heavy atom. The van der Waals surface area contributed by atoms with Crippen LogP contribution in [0.2, 0.25) is 0 Å². The van der Waals surface area contributed by atoms with E-state index in [1.807, 2.05) is 0 Å². The minimum absolute atomic E-state index is 0.0153. The van der Waals surface area contributed by atoms with Crippen LogP contribution < -0.4 is 4.74 Å². The van der Waals surface area contributed by atoms with E-state index >= 15 is 0 Å². The van der Waals surface area contributed by atoms with Crippen molar-refractivity contribution < 1.29 is 19.4 Å². The number of amides is 1. The maximum absolute atomic E-state index is 12.5. The van der Waals surface area contributed by atoms with Crippen molar-refractivity contribution in [1.82, 2.24) is 4.90 Å². The van der Waals surface area contributed by atoms with E-state index in [1.54, 1.807) is 17.0 Å². The minimum Gasteiger partial charge on any atom is -0.507 e. The number of carbonyl (C=O) groups is 1. The van der Waals surface area contributed by atoms with Gasteiger partial charge in [-0.25, -0.2) is 0 Å². The van der Waals surface area contributed by atoms with Crippen molar-refractivity contribution in [3.8, 4) is 11.5 Å². The number of phenols is 1. The largest absolute Gasteiger partial charge is 0.507 e. The summed E-state index contributed by atoms with van der Waals surface area (Å²) in [5, 5.41) is 10.7. The van der Waals surface area contributed by atoms with Crippen molar-refractivity contribution in [2.24, 2.45) is 0 Å². The highest BCUT2D eigenvalue weighted by molar-refractivity contribution is 9.09. The lowest BCUT2D eigenvalue weighted by Crippen LogP contribution is -2.41. The molecule has 6 heteroatoms. The van der Waals surface area contributed by atoms with Gasteiger partial charge in [-0.05, 0) is 31.0 Å². The first-order valence-electron chi connectivity index (χ1n) is 6.99. The van der Waals surface area contributed by atoms with Gasteiger partial charge in [0.2, 0.25) is 0 Å². The Labute approximate surface area is 133 Å². The Balaban J connectivity index is 1.98. The average molecular weight is 358 g/mol. The summed E-state index contributed by atoms with van der Waals surface area (Å²) in [4.78, 5) is 14.2. The molecule has 1 aliphatic rings. The maximum atomic E-state index is 12.5. The van der Waals surface area contributed by atoms with E-state index in [0.29, 0.717) is 25.4 Å². The molecule has 0 aromatic heterocycles. The van der Waals surface area contributed by atoms with Gasteiger partial charge in [0.15, 0.2) is 0 Å². The highest BCUT2D eigenvalue weighted by atomic mass is 79.9. The molecule has 0 saturated carbocycles. The van der Waals surface area contributed by atoms with Crippen molar-refractivity contribution in [2.45, 2.75) is 18.9 Å². The first-order valence-corrected chi connectivity index (χ1v) is 8.11. The molecule has 1 aliphatic heterocycles. The number of hydrogen-bond donors (Lipinski definition) is 1. The Hall–Kier alpha value is -1.27. The second-order valence-electron chi connectivity index (χ2n) is 4.93. The molecule has 0 unspecified atom stereocenters. The number of hydrogen-bond acceptors (Lipinski definition) is 4. The Bertz CT molecular complexity index is 487. The number of methoxy groups -OCH3 is 1. The number of carbonyl (C=O) groups excluding carboxylic acids is 1. The van der Waals surface area contributed by atoms with Crippen LogP contribution in [0, 0.1) is 0 Å². The number of likely N-dealkylation sites (tertiary alicyclic amines) is 1.